The number of carbonyl (C=O) groups excluding carboxylic acids is 1. The van der Waals surface area contributed by atoms with Gasteiger partial charge in [-0.25, -0.2) is 5.01 Å². The lowest BCUT2D eigenvalue weighted by Gasteiger charge is -2.61. The second-order valence-corrected chi connectivity index (χ2v) is 8.72. The summed E-state index contributed by atoms with van der Waals surface area (Å²) in [4.78, 5) is 13.0. The van der Waals surface area contributed by atoms with Crippen LogP contribution in [0.15, 0.2) is 24.3 Å². The van der Waals surface area contributed by atoms with Crippen molar-refractivity contribution >= 4 is 5.91 Å². The van der Waals surface area contributed by atoms with E-state index >= 15 is 0 Å². The van der Waals surface area contributed by atoms with Crippen LogP contribution in [0.1, 0.15) is 49.7 Å². The first-order valence-electron chi connectivity index (χ1n) is 8.96. The predicted molar refractivity (Wildman–Crippen MR) is 91.8 cm³/mol. The van der Waals surface area contributed by atoms with Crippen LogP contribution in [-0.4, -0.2) is 25.0 Å². The fourth-order valence-corrected chi connectivity index (χ4v) is 6.09. The van der Waals surface area contributed by atoms with Gasteiger partial charge in [-0.05, 0) is 68.3 Å². The summed E-state index contributed by atoms with van der Waals surface area (Å²) in [5.74, 6) is 1.71. The van der Waals surface area contributed by atoms with Crippen molar-refractivity contribution in [3.63, 3.8) is 0 Å². The van der Waals surface area contributed by atoms with Crippen LogP contribution in [0.3, 0.4) is 0 Å². The number of nitrogens with one attached hydrogen (secondary N) is 1. The number of hydrazine groups is 1. The number of hydrogen-bond acceptors (Lipinski definition) is 2. The number of nitrogens with zero attached hydrogens (tertiary/aromatic N) is 1. The maximum absolute atomic E-state index is 13.0. The van der Waals surface area contributed by atoms with Crippen molar-refractivity contribution in [1.82, 2.24) is 10.4 Å². The van der Waals surface area contributed by atoms with Crippen LogP contribution < -0.4 is 5.43 Å². The lowest BCUT2D eigenvalue weighted by molar-refractivity contribution is -0.153. The minimum atomic E-state index is -0.140. The SMILES string of the molecule is Cc1ccc(C23CC4CC(CC(C(=O)NN(C)C)(C4)C2)C3)cc1. The molecule has 1 aromatic rings. The molecule has 124 valence electrons. The molecule has 4 aliphatic rings. The molecule has 0 aromatic heterocycles. The highest BCUT2D eigenvalue weighted by atomic mass is 16.2. The van der Waals surface area contributed by atoms with Gasteiger partial charge in [-0.1, -0.05) is 29.8 Å². The van der Waals surface area contributed by atoms with Crippen LogP contribution in [0.2, 0.25) is 0 Å². The molecular formula is C20H28N2O. The molecule has 1 aromatic carbocycles. The van der Waals surface area contributed by atoms with E-state index in [0.29, 0.717) is 0 Å². The quantitative estimate of drug-likeness (QED) is 0.867. The zero-order chi connectivity index (χ0) is 16.2. The van der Waals surface area contributed by atoms with Crippen molar-refractivity contribution in [3.05, 3.63) is 35.4 Å². The van der Waals surface area contributed by atoms with E-state index in [1.54, 1.807) is 5.01 Å². The molecule has 2 atom stereocenters. The van der Waals surface area contributed by atoms with Crippen LogP contribution in [0, 0.1) is 24.2 Å². The summed E-state index contributed by atoms with van der Waals surface area (Å²) in [7, 11) is 3.82. The van der Waals surface area contributed by atoms with Gasteiger partial charge in [-0.3, -0.25) is 10.2 Å². The third kappa shape index (κ3) is 2.40. The van der Waals surface area contributed by atoms with Gasteiger partial charge in [0, 0.05) is 14.1 Å². The Morgan fingerprint density at radius 3 is 2.26 bits per heavy atom. The highest BCUT2D eigenvalue weighted by Gasteiger charge is 2.60. The first-order valence-corrected chi connectivity index (χ1v) is 8.96. The van der Waals surface area contributed by atoms with Crippen LogP contribution >= 0.6 is 0 Å². The zero-order valence-corrected chi connectivity index (χ0v) is 14.6. The van der Waals surface area contributed by atoms with Gasteiger partial charge >= 0.3 is 0 Å². The van der Waals surface area contributed by atoms with Crippen LogP contribution in [0.5, 0.6) is 0 Å². The Morgan fingerprint density at radius 1 is 1.09 bits per heavy atom. The van der Waals surface area contributed by atoms with Gasteiger partial charge in [0.2, 0.25) is 5.91 Å². The Bertz CT molecular complexity index is 605. The van der Waals surface area contributed by atoms with E-state index < -0.39 is 0 Å². The maximum atomic E-state index is 13.0. The fraction of sp³-hybridized carbons (Fsp3) is 0.650. The number of aryl methyl sites for hydroxylation is 1. The molecule has 4 saturated carbocycles. The van der Waals surface area contributed by atoms with Gasteiger partial charge in [0.05, 0.1) is 5.41 Å². The molecule has 23 heavy (non-hydrogen) atoms. The third-order valence-corrected chi connectivity index (χ3v) is 6.53. The Labute approximate surface area is 139 Å². The summed E-state index contributed by atoms with van der Waals surface area (Å²) in [5.41, 5.74) is 5.96. The molecular weight excluding hydrogens is 284 g/mol. The number of rotatable bonds is 3. The Kier molecular flexibility index (Phi) is 3.35. The fourth-order valence-electron chi connectivity index (χ4n) is 6.09. The normalized spacial score (nSPS) is 38.1. The number of hydrogen-bond donors (Lipinski definition) is 1. The highest BCUT2D eigenvalue weighted by molar-refractivity contribution is 5.83. The van der Waals surface area contributed by atoms with E-state index in [1.165, 1.54) is 30.4 Å². The van der Waals surface area contributed by atoms with Crippen LogP contribution in [0.4, 0.5) is 0 Å². The minimum Gasteiger partial charge on any atom is -0.289 e. The van der Waals surface area contributed by atoms with E-state index in [1.807, 2.05) is 14.1 Å². The van der Waals surface area contributed by atoms with Crippen molar-refractivity contribution in [2.75, 3.05) is 14.1 Å². The highest BCUT2D eigenvalue weighted by Crippen LogP contribution is 2.65. The molecule has 4 aliphatic carbocycles. The van der Waals surface area contributed by atoms with E-state index in [2.05, 4.69) is 36.6 Å². The van der Waals surface area contributed by atoms with Crippen molar-refractivity contribution in [2.45, 2.75) is 50.9 Å². The summed E-state index contributed by atoms with van der Waals surface area (Å²) in [6.07, 6.45) is 7.13. The summed E-state index contributed by atoms with van der Waals surface area (Å²) in [6, 6.07) is 9.11. The number of amides is 1. The molecule has 4 fully saturated rings. The largest absolute Gasteiger partial charge is 0.289 e. The van der Waals surface area contributed by atoms with Gasteiger partial charge in [0.15, 0.2) is 0 Å². The van der Waals surface area contributed by atoms with Crippen LogP contribution in [-0.2, 0) is 10.2 Å². The number of carbonyl (C=O) groups is 1. The monoisotopic (exact) mass is 312 g/mol. The summed E-state index contributed by atoms with van der Waals surface area (Å²) in [5, 5.41) is 1.81. The average Bonchev–Trinajstić information content (AvgIpc) is 2.45. The first-order chi connectivity index (χ1) is 10.9. The summed E-state index contributed by atoms with van der Waals surface area (Å²) < 4.78 is 0. The first kappa shape index (κ1) is 15.2. The molecule has 0 heterocycles. The van der Waals surface area contributed by atoms with Crippen molar-refractivity contribution < 1.29 is 4.79 Å². The predicted octanol–water partition coefficient (Wildman–Crippen LogP) is 3.43. The molecule has 1 N–H and O–H groups in total. The molecule has 2 unspecified atom stereocenters. The molecule has 5 rings (SSSR count). The molecule has 3 heteroatoms. The third-order valence-electron chi connectivity index (χ3n) is 6.53. The summed E-state index contributed by atoms with van der Waals surface area (Å²) in [6.45, 7) is 2.15. The molecule has 0 saturated heterocycles. The Morgan fingerprint density at radius 2 is 1.70 bits per heavy atom. The van der Waals surface area contributed by atoms with Crippen molar-refractivity contribution in [3.8, 4) is 0 Å². The molecule has 0 aliphatic heterocycles. The average molecular weight is 312 g/mol. The standard InChI is InChI=1S/C20H28N2O/c1-14-4-6-17(7-5-14)19-9-15-8-16(10-19)12-20(11-15,13-19)18(23)21-22(2)3/h4-7,15-16H,8-13H2,1-3H3,(H,21,23). The van der Waals surface area contributed by atoms with E-state index in [9.17, 15) is 4.79 Å². The molecule has 4 bridgehead atoms. The molecule has 0 spiro atoms. The van der Waals surface area contributed by atoms with Gasteiger partial charge in [-0.2, -0.15) is 0 Å². The van der Waals surface area contributed by atoms with E-state index in [4.69, 9.17) is 0 Å². The lowest BCUT2D eigenvalue weighted by Crippen LogP contribution is -2.60. The summed E-state index contributed by atoms with van der Waals surface area (Å²) >= 11 is 0. The topological polar surface area (TPSA) is 32.3 Å². The molecule has 3 nitrogen and oxygen atoms in total. The maximum Gasteiger partial charge on any atom is 0.240 e. The molecule has 1 amide bonds. The van der Waals surface area contributed by atoms with Gasteiger partial charge < -0.3 is 0 Å². The zero-order valence-electron chi connectivity index (χ0n) is 14.6. The second-order valence-electron chi connectivity index (χ2n) is 8.72. The Hall–Kier alpha value is -1.35. The minimum absolute atomic E-state index is 0.140. The van der Waals surface area contributed by atoms with Crippen molar-refractivity contribution in [1.29, 1.82) is 0 Å². The van der Waals surface area contributed by atoms with Gasteiger partial charge in [0.25, 0.3) is 0 Å². The van der Waals surface area contributed by atoms with Gasteiger partial charge in [0.1, 0.15) is 0 Å². The van der Waals surface area contributed by atoms with E-state index in [-0.39, 0.29) is 16.7 Å². The molecule has 0 radical (unpaired) electrons. The second kappa shape index (κ2) is 5.07. The number of benzene rings is 1. The lowest BCUT2D eigenvalue weighted by atomic mass is 9.42. The van der Waals surface area contributed by atoms with Crippen molar-refractivity contribution in [2.24, 2.45) is 17.3 Å². The smallest absolute Gasteiger partial charge is 0.240 e. The van der Waals surface area contributed by atoms with E-state index in [0.717, 1.165) is 31.1 Å². The Balaban J connectivity index is 1.70. The van der Waals surface area contributed by atoms with Gasteiger partial charge in [-0.15, -0.1) is 0 Å². The van der Waals surface area contributed by atoms with Crippen LogP contribution in [0.25, 0.3) is 0 Å².